The van der Waals surface area contributed by atoms with Gasteiger partial charge in [-0.25, -0.2) is 0 Å². The standard InChI is InChI=1S/C18H22N2O2S/c1-20(13-15-8-10-16(11-9-15)23(2)22)18(21)17(19)12-14-6-4-3-5-7-14/h3-11,17H,12-13,19H2,1-2H3/t17-,23?/m0/s1. The van der Waals surface area contributed by atoms with E-state index in [1.54, 1.807) is 18.2 Å². The second kappa shape index (κ2) is 8.04. The molecule has 1 unspecified atom stereocenters. The third-order valence-corrected chi connectivity index (χ3v) is 4.60. The van der Waals surface area contributed by atoms with Gasteiger partial charge in [-0.1, -0.05) is 42.5 Å². The van der Waals surface area contributed by atoms with Crippen molar-refractivity contribution in [2.45, 2.75) is 23.9 Å². The van der Waals surface area contributed by atoms with Crippen LogP contribution in [0.4, 0.5) is 0 Å². The Morgan fingerprint density at radius 3 is 2.26 bits per heavy atom. The minimum absolute atomic E-state index is 0.0861. The number of carbonyl (C=O) groups is 1. The number of rotatable bonds is 6. The van der Waals surface area contributed by atoms with E-state index in [1.165, 1.54) is 0 Å². The van der Waals surface area contributed by atoms with Gasteiger partial charge in [-0.3, -0.25) is 9.00 Å². The summed E-state index contributed by atoms with van der Waals surface area (Å²) < 4.78 is 11.4. The van der Waals surface area contributed by atoms with Gasteiger partial charge in [-0.2, -0.15) is 0 Å². The van der Waals surface area contributed by atoms with Crippen molar-refractivity contribution in [1.82, 2.24) is 4.90 Å². The number of nitrogens with zero attached hydrogens (tertiary/aromatic N) is 1. The van der Waals surface area contributed by atoms with Gasteiger partial charge in [0.25, 0.3) is 0 Å². The van der Waals surface area contributed by atoms with E-state index in [9.17, 15) is 9.00 Å². The van der Waals surface area contributed by atoms with E-state index in [2.05, 4.69) is 0 Å². The highest BCUT2D eigenvalue weighted by Gasteiger charge is 2.18. The Labute approximate surface area is 139 Å². The van der Waals surface area contributed by atoms with Crippen molar-refractivity contribution >= 4 is 16.7 Å². The van der Waals surface area contributed by atoms with Crippen LogP contribution in [0.15, 0.2) is 59.5 Å². The van der Waals surface area contributed by atoms with Crippen LogP contribution in [0, 0.1) is 0 Å². The Balaban J connectivity index is 1.95. The van der Waals surface area contributed by atoms with Crippen molar-refractivity contribution < 1.29 is 9.00 Å². The first kappa shape index (κ1) is 17.4. The summed E-state index contributed by atoms with van der Waals surface area (Å²) in [6.45, 7) is 0.484. The maximum Gasteiger partial charge on any atom is 0.239 e. The topological polar surface area (TPSA) is 63.4 Å². The molecule has 2 N–H and O–H groups in total. The van der Waals surface area contributed by atoms with Crippen LogP contribution in [0.1, 0.15) is 11.1 Å². The summed E-state index contributed by atoms with van der Waals surface area (Å²) in [6.07, 6.45) is 2.17. The molecule has 0 aromatic heterocycles. The molecule has 2 atom stereocenters. The van der Waals surface area contributed by atoms with Crippen molar-refractivity contribution in [1.29, 1.82) is 0 Å². The summed E-state index contributed by atoms with van der Waals surface area (Å²) in [4.78, 5) is 14.8. The van der Waals surface area contributed by atoms with Gasteiger partial charge in [0.15, 0.2) is 0 Å². The minimum atomic E-state index is -0.989. The third-order valence-electron chi connectivity index (χ3n) is 3.67. The minimum Gasteiger partial charge on any atom is -0.340 e. The first-order chi connectivity index (χ1) is 11.0. The lowest BCUT2D eigenvalue weighted by molar-refractivity contribution is -0.131. The molecule has 2 rings (SSSR count). The molecule has 0 heterocycles. The van der Waals surface area contributed by atoms with E-state index in [0.29, 0.717) is 13.0 Å². The summed E-state index contributed by atoms with van der Waals surface area (Å²) in [6, 6.07) is 16.6. The van der Waals surface area contributed by atoms with E-state index in [0.717, 1.165) is 16.0 Å². The van der Waals surface area contributed by atoms with Gasteiger partial charge in [0, 0.05) is 35.5 Å². The molecule has 122 valence electrons. The van der Waals surface area contributed by atoms with Crippen LogP contribution < -0.4 is 5.73 Å². The lowest BCUT2D eigenvalue weighted by Crippen LogP contribution is -2.42. The number of carbonyl (C=O) groups excluding carboxylic acids is 1. The molecule has 4 nitrogen and oxygen atoms in total. The highest BCUT2D eigenvalue weighted by atomic mass is 32.2. The highest BCUT2D eigenvalue weighted by molar-refractivity contribution is 7.84. The van der Waals surface area contributed by atoms with Crippen LogP contribution in [-0.4, -0.2) is 34.4 Å². The molecule has 0 saturated carbocycles. The zero-order valence-corrected chi connectivity index (χ0v) is 14.3. The van der Waals surface area contributed by atoms with Gasteiger partial charge in [-0.15, -0.1) is 0 Å². The first-order valence-electron chi connectivity index (χ1n) is 7.44. The predicted octanol–water partition coefficient (Wildman–Crippen LogP) is 1.95. The number of hydrogen-bond acceptors (Lipinski definition) is 3. The monoisotopic (exact) mass is 330 g/mol. The van der Waals surface area contributed by atoms with Gasteiger partial charge < -0.3 is 10.6 Å². The molecule has 1 amide bonds. The fraction of sp³-hybridized carbons (Fsp3) is 0.278. The van der Waals surface area contributed by atoms with Gasteiger partial charge in [-0.05, 0) is 29.7 Å². The second-order valence-electron chi connectivity index (χ2n) is 5.59. The van der Waals surface area contributed by atoms with Crippen molar-refractivity contribution in [2.75, 3.05) is 13.3 Å². The Morgan fingerprint density at radius 2 is 1.70 bits per heavy atom. The molecule has 2 aromatic rings. The van der Waals surface area contributed by atoms with E-state index >= 15 is 0 Å². The van der Waals surface area contributed by atoms with Crippen molar-refractivity contribution in [3.05, 3.63) is 65.7 Å². The summed E-state index contributed by atoms with van der Waals surface area (Å²) >= 11 is 0. The molecule has 0 aliphatic rings. The van der Waals surface area contributed by atoms with Crippen LogP contribution >= 0.6 is 0 Å². The zero-order valence-electron chi connectivity index (χ0n) is 13.4. The quantitative estimate of drug-likeness (QED) is 0.880. The van der Waals surface area contributed by atoms with Gasteiger partial charge in [0.05, 0.1) is 6.04 Å². The lowest BCUT2D eigenvalue weighted by Gasteiger charge is -2.21. The molecule has 0 aliphatic carbocycles. The Kier molecular flexibility index (Phi) is 6.07. The van der Waals surface area contributed by atoms with Crippen LogP contribution in [0.25, 0.3) is 0 Å². The number of hydrogen-bond donors (Lipinski definition) is 1. The van der Waals surface area contributed by atoms with Crippen molar-refractivity contribution in [2.24, 2.45) is 5.73 Å². The van der Waals surface area contributed by atoms with E-state index in [-0.39, 0.29) is 5.91 Å². The summed E-state index contributed by atoms with van der Waals surface area (Å²) in [5, 5.41) is 0. The molecular weight excluding hydrogens is 308 g/mol. The molecule has 0 fully saturated rings. The first-order valence-corrected chi connectivity index (χ1v) is 9.00. The summed E-state index contributed by atoms with van der Waals surface area (Å²) in [5.41, 5.74) is 8.08. The number of likely N-dealkylation sites (N-methyl/N-ethyl adjacent to an activating group) is 1. The van der Waals surface area contributed by atoms with Gasteiger partial charge in [0.2, 0.25) is 5.91 Å². The molecule has 5 heteroatoms. The number of benzene rings is 2. The van der Waals surface area contributed by atoms with Crippen molar-refractivity contribution in [3.8, 4) is 0 Å². The highest BCUT2D eigenvalue weighted by Crippen LogP contribution is 2.11. The Bertz CT molecular complexity index is 671. The lowest BCUT2D eigenvalue weighted by atomic mass is 10.1. The van der Waals surface area contributed by atoms with Gasteiger partial charge in [0.1, 0.15) is 0 Å². The van der Waals surface area contributed by atoms with E-state index < -0.39 is 16.8 Å². The fourth-order valence-electron chi connectivity index (χ4n) is 2.38. The molecule has 0 spiro atoms. The average Bonchev–Trinajstić information content (AvgIpc) is 2.55. The van der Waals surface area contributed by atoms with E-state index in [4.69, 9.17) is 5.73 Å². The van der Waals surface area contributed by atoms with E-state index in [1.807, 2.05) is 54.6 Å². The molecule has 0 saturated heterocycles. The third kappa shape index (κ3) is 5.01. The normalized spacial score (nSPS) is 13.3. The number of nitrogens with two attached hydrogens (primary N) is 1. The number of amides is 1. The van der Waals surface area contributed by atoms with Gasteiger partial charge >= 0.3 is 0 Å². The average molecular weight is 330 g/mol. The van der Waals surface area contributed by atoms with Crippen LogP contribution in [0.5, 0.6) is 0 Å². The Morgan fingerprint density at radius 1 is 1.09 bits per heavy atom. The molecule has 0 aliphatic heterocycles. The maximum absolute atomic E-state index is 12.4. The van der Waals surface area contributed by atoms with Crippen LogP contribution in [-0.2, 0) is 28.6 Å². The molecule has 2 aromatic carbocycles. The molecular formula is C18H22N2O2S. The maximum atomic E-state index is 12.4. The Hall–Kier alpha value is -1.98. The molecule has 0 radical (unpaired) electrons. The largest absolute Gasteiger partial charge is 0.340 e. The fourth-order valence-corrected chi connectivity index (χ4v) is 2.90. The second-order valence-corrected chi connectivity index (χ2v) is 6.97. The van der Waals surface area contributed by atoms with Crippen LogP contribution in [0.2, 0.25) is 0 Å². The molecule has 23 heavy (non-hydrogen) atoms. The smallest absolute Gasteiger partial charge is 0.239 e. The zero-order chi connectivity index (χ0) is 16.8. The van der Waals surface area contributed by atoms with Crippen molar-refractivity contribution in [3.63, 3.8) is 0 Å². The SMILES string of the molecule is CN(Cc1ccc(S(C)=O)cc1)C(=O)[C@@H](N)Cc1ccccc1. The summed E-state index contributed by atoms with van der Waals surface area (Å²) in [7, 11) is 0.760. The predicted molar refractivity (Wildman–Crippen MR) is 93.4 cm³/mol. The van der Waals surface area contributed by atoms with Crippen LogP contribution in [0.3, 0.4) is 0 Å². The molecule has 0 bridgehead atoms. The summed E-state index contributed by atoms with van der Waals surface area (Å²) in [5.74, 6) is -0.0861.